The number of esters is 1. The van der Waals surface area contributed by atoms with E-state index in [0.717, 1.165) is 19.3 Å². The van der Waals surface area contributed by atoms with Crippen LogP contribution in [0.1, 0.15) is 29.6 Å². The summed E-state index contributed by atoms with van der Waals surface area (Å²) in [7, 11) is -7.57. The van der Waals surface area contributed by atoms with Crippen molar-refractivity contribution in [1.29, 1.82) is 0 Å². The number of carbonyl (C=O) groups is 1. The lowest BCUT2D eigenvalue weighted by molar-refractivity contribution is 0.0445. The molecule has 11 heteroatoms. The van der Waals surface area contributed by atoms with E-state index in [2.05, 4.69) is 0 Å². The summed E-state index contributed by atoms with van der Waals surface area (Å²) in [5.74, 6) is -0.388. The summed E-state index contributed by atoms with van der Waals surface area (Å²) in [4.78, 5) is 12.4. The zero-order chi connectivity index (χ0) is 22.5. The Labute approximate surface area is 181 Å². The van der Waals surface area contributed by atoms with Gasteiger partial charge >= 0.3 is 5.97 Å². The fourth-order valence-corrected chi connectivity index (χ4v) is 5.41. The van der Waals surface area contributed by atoms with Crippen LogP contribution in [0.2, 0.25) is 0 Å². The maximum Gasteiger partial charge on any atom is 0.339 e. The number of primary sulfonamides is 1. The van der Waals surface area contributed by atoms with Gasteiger partial charge in [-0.15, -0.1) is 0 Å². The highest BCUT2D eigenvalue weighted by atomic mass is 32.2. The summed E-state index contributed by atoms with van der Waals surface area (Å²) in [6.07, 6.45) is 2.57. The predicted octanol–water partition coefficient (Wildman–Crippen LogP) is 1.74. The van der Waals surface area contributed by atoms with Gasteiger partial charge in [0, 0.05) is 13.1 Å². The van der Waals surface area contributed by atoms with Crippen molar-refractivity contribution in [3.05, 3.63) is 54.1 Å². The quantitative estimate of drug-likeness (QED) is 0.461. The number of piperidine rings is 1. The van der Waals surface area contributed by atoms with Gasteiger partial charge in [-0.2, -0.15) is 4.31 Å². The molecule has 0 aliphatic carbocycles. The number of nitrogens with two attached hydrogens (primary N) is 1. The molecule has 2 aromatic rings. The molecule has 168 valence electrons. The molecule has 2 N–H and O–H groups in total. The normalized spacial score (nSPS) is 15.4. The van der Waals surface area contributed by atoms with E-state index < -0.39 is 26.0 Å². The Balaban J connectivity index is 1.60. The Morgan fingerprint density at radius 2 is 1.55 bits per heavy atom. The number of nitrogens with zero attached hydrogens (tertiary/aromatic N) is 1. The zero-order valence-electron chi connectivity index (χ0n) is 16.8. The molecule has 0 atom stereocenters. The number of sulfonamides is 2. The van der Waals surface area contributed by atoms with Crippen LogP contribution in [0, 0.1) is 0 Å². The van der Waals surface area contributed by atoms with E-state index >= 15 is 0 Å². The number of carbonyl (C=O) groups excluding carboxylic acids is 1. The van der Waals surface area contributed by atoms with Crippen molar-refractivity contribution in [2.24, 2.45) is 5.14 Å². The van der Waals surface area contributed by atoms with Gasteiger partial charge in [0.2, 0.25) is 20.0 Å². The molecule has 0 aromatic heterocycles. The van der Waals surface area contributed by atoms with E-state index in [9.17, 15) is 21.6 Å². The maximum absolute atomic E-state index is 13.0. The first-order chi connectivity index (χ1) is 14.7. The van der Waals surface area contributed by atoms with Gasteiger partial charge in [-0.3, -0.25) is 0 Å². The first-order valence-corrected chi connectivity index (χ1v) is 12.7. The van der Waals surface area contributed by atoms with Crippen molar-refractivity contribution in [2.75, 3.05) is 26.3 Å². The molecule has 0 unspecified atom stereocenters. The highest BCUT2D eigenvalue weighted by molar-refractivity contribution is 7.89. The average Bonchev–Trinajstić information content (AvgIpc) is 2.77. The summed E-state index contributed by atoms with van der Waals surface area (Å²) in [6, 6.07) is 11.5. The van der Waals surface area contributed by atoms with E-state index in [1.807, 2.05) is 0 Å². The lowest BCUT2D eigenvalue weighted by Gasteiger charge is -2.26. The van der Waals surface area contributed by atoms with Crippen LogP contribution < -0.4 is 9.88 Å². The molecule has 9 nitrogen and oxygen atoms in total. The molecule has 1 aliphatic rings. The minimum atomic E-state index is -3.79. The number of hydrogen-bond acceptors (Lipinski definition) is 7. The van der Waals surface area contributed by atoms with Gasteiger partial charge in [0.25, 0.3) is 0 Å². The van der Waals surface area contributed by atoms with Crippen molar-refractivity contribution in [1.82, 2.24) is 4.31 Å². The Hall–Kier alpha value is -2.47. The van der Waals surface area contributed by atoms with E-state index in [-0.39, 0.29) is 28.6 Å². The molecule has 0 saturated carbocycles. The van der Waals surface area contributed by atoms with Crippen molar-refractivity contribution in [3.8, 4) is 5.75 Å². The zero-order valence-corrected chi connectivity index (χ0v) is 18.4. The van der Waals surface area contributed by atoms with Crippen molar-refractivity contribution >= 4 is 26.0 Å². The van der Waals surface area contributed by atoms with Crippen LogP contribution >= 0.6 is 0 Å². The Morgan fingerprint density at radius 1 is 0.903 bits per heavy atom. The third kappa shape index (κ3) is 5.82. The van der Waals surface area contributed by atoms with Gasteiger partial charge < -0.3 is 9.47 Å². The monoisotopic (exact) mass is 468 g/mol. The smallest absolute Gasteiger partial charge is 0.339 e. The van der Waals surface area contributed by atoms with Crippen LogP contribution in [-0.2, 0) is 24.8 Å². The lowest BCUT2D eigenvalue weighted by atomic mass is 10.2. The minimum absolute atomic E-state index is 0.00149. The third-order valence-corrected chi connectivity index (χ3v) is 7.66. The largest absolute Gasteiger partial charge is 0.490 e. The summed E-state index contributed by atoms with van der Waals surface area (Å²) >= 11 is 0. The first-order valence-electron chi connectivity index (χ1n) is 9.71. The van der Waals surface area contributed by atoms with Gasteiger partial charge in [0.1, 0.15) is 19.0 Å². The predicted molar refractivity (Wildman–Crippen MR) is 113 cm³/mol. The topological polar surface area (TPSA) is 133 Å². The molecule has 1 heterocycles. The van der Waals surface area contributed by atoms with Crippen molar-refractivity contribution < 1.29 is 31.1 Å². The molecule has 1 saturated heterocycles. The SMILES string of the molecule is NS(=O)(=O)c1ccc(OCCOC(=O)c2ccccc2S(=O)(=O)N2CCCCC2)cc1. The fraction of sp³-hybridized carbons (Fsp3) is 0.350. The fourth-order valence-electron chi connectivity index (χ4n) is 3.20. The summed E-state index contributed by atoms with van der Waals surface area (Å²) < 4.78 is 60.4. The highest BCUT2D eigenvalue weighted by Crippen LogP contribution is 2.24. The Morgan fingerprint density at radius 3 is 2.19 bits per heavy atom. The molecule has 31 heavy (non-hydrogen) atoms. The third-order valence-electron chi connectivity index (χ3n) is 4.78. The lowest BCUT2D eigenvalue weighted by Crippen LogP contribution is -2.36. The average molecular weight is 469 g/mol. The second-order valence-electron chi connectivity index (χ2n) is 6.96. The van der Waals surface area contributed by atoms with Crippen LogP contribution in [0.4, 0.5) is 0 Å². The van der Waals surface area contributed by atoms with Gasteiger partial charge in [0.15, 0.2) is 0 Å². The van der Waals surface area contributed by atoms with Gasteiger partial charge in [-0.05, 0) is 49.2 Å². The Bertz CT molecular complexity index is 1120. The van der Waals surface area contributed by atoms with Gasteiger partial charge in [0.05, 0.1) is 15.4 Å². The van der Waals surface area contributed by atoms with E-state index in [4.69, 9.17) is 14.6 Å². The first kappa shape index (κ1) is 23.2. The van der Waals surface area contributed by atoms with Gasteiger partial charge in [-0.25, -0.2) is 26.8 Å². The van der Waals surface area contributed by atoms with Crippen LogP contribution in [0.5, 0.6) is 5.75 Å². The summed E-state index contributed by atoms with van der Waals surface area (Å²) in [5.41, 5.74) is -0.0226. The van der Waals surface area contributed by atoms with Crippen LogP contribution in [-0.4, -0.2) is 53.4 Å². The number of ether oxygens (including phenoxy) is 2. The van der Waals surface area contributed by atoms with E-state index in [1.165, 1.54) is 40.7 Å². The molecule has 3 rings (SSSR count). The standard InChI is InChI=1S/C20H24N2O7S2/c21-30(24,25)17-10-8-16(9-11-17)28-14-15-29-20(23)18-6-2-3-7-19(18)31(26,27)22-12-4-1-5-13-22/h2-3,6-11H,1,4-5,12-15H2,(H2,21,24,25). The van der Waals surface area contributed by atoms with E-state index in [0.29, 0.717) is 18.8 Å². The van der Waals surface area contributed by atoms with Crippen LogP contribution in [0.25, 0.3) is 0 Å². The van der Waals surface area contributed by atoms with Crippen LogP contribution in [0.3, 0.4) is 0 Å². The molecule has 0 spiro atoms. The molecular weight excluding hydrogens is 444 g/mol. The highest BCUT2D eigenvalue weighted by Gasteiger charge is 2.30. The minimum Gasteiger partial charge on any atom is -0.490 e. The molecule has 2 aromatic carbocycles. The molecule has 0 amide bonds. The van der Waals surface area contributed by atoms with Crippen molar-refractivity contribution in [2.45, 2.75) is 29.1 Å². The molecule has 1 fully saturated rings. The summed E-state index contributed by atoms with van der Waals surface area (Å²) in [5, 5.41) is 5.04. The second kappa shape index (κ2) is 9.77. The molecule has 1 aliphatic heterocycles. The van der Waals surface area contributed by atoms with Crippen molar-refractivity contribution in [3.63, 3.8) is 0 Å². The second-order valence-corrected chi connectivity index (χ2v) is 10.4. The maximum atomic E-state index is 13.0. The molecular formula is C20H24N2O7S2. The number of hydrogen-bond donors (Lipinski definition) is 1. The number of rotatable bonds is 8. The number of benzene rings is 2. The van der Waals surface area contributed by atoms with E-state index in [1.54, 1.807) is 12.1 Å². The van der Waals surface area contributed by atoms with Gasteiger partial charge in [-0.1, -0.05) is 18.6 Å². The van der Waals surface area contributed by atoms with Crippen LogP contribution in [0.15, 0.2) is 58.3 Å². The Kier molecular flexibility index (Phi) is 7.31. The molecule has 0 radical (unpaired) electrons. The molecule has 0 bridgehead atoms. The summed E-state index contributed by atoms with van der Waals surface area (Å²) in [6.45, 7) is 0.753.